The van der Waals surface area contributed by atoms with Gasteiger partial charge in [0.15, 0.2) is 0 Å². The van der Waals surface area contributed by atoms with E-state index in [2.05, 4.69) is 11.4 Å². The molecule has 126 valence electrons. The van der Waals surface area contributed by atoms with E-state index in [4.69, 9.17) is 11.0 Å². The number of primary amides is 1. The number of aryl methyl sites for hydroxylation is 1. The number of carbonyl (C=O) groups excluding carboxylic acids is 2. The molecule has 0 radical (unpaired) electrons. The molecule has 0 unspecified atom stereocenters. The smallest absolute Gasteiger partial charge is 0.250 e. The minimum atomic E-state index is -0.527. The van der Waals surface area contributed by atoms with E-state index in [1.165, 1.54) is 0 Å². The Kier molecular flexibility index (Phi) is 4.40. The molecule has 2 amide bonds. The first kappa shape index (κ1) is 16.5. The number of para-hydroxylation sites is 1. The summed E-state index contributed by atoms with van der Waals surface area (Å²) in [6.07, 6.45) is 0.616. The van der Waals surface area contributed by atoms with Gasteiger partial charge in [0.1, 0.15) is 6.04 Å². The summed E-state index contributed by atoms with van der Waals surface area (Å²) in [6, 6.07) is 13.8. The molecule has 0 bridgehead atoms. The van der Waals surface area contributed by atoms with Crippen molar-refractivity contribution >= 4 is 23.2 Å². The van der Waals surface area contributed by atoms with Crippen molar-refractivity contribution < 1.29 is 9.59 Å². The monoisotopic (exact) mass is 334 g/mol. The summed E-state index contributed by atoms with van der Waals surface area (Å²) in [5.41, 5.74) is 8.59. The number of amides is 2. The van der Waals surface area contributed by atoms with Gasteiger partial charge in [-0.2, -0.15) is 5.26 Å². The summed E-state index contributed by atoms with van der Waals surface area (Å²) in [5.74, 6) is -0.594. The van der Waals surface area contributed by atoms with Gasteiger partial charge in [-0.3, -0.25) is 9.59 Å². The van der Waals surface area contributed by atoms with Crippen molar-refractivity contribution in [3.05, 3.63) is 59.2 Å². The molecule has 1 saturated heterocycles. The topological polar surface area (TPSA) is 99.2 Å². The van der Waals surface area contributed by atoms with Crippen molar-refractivity contribution in [3.8, 4) is 6.07 Å². The Morgan fingerprint density at radius 2 is 2.00 bits per heavy atom. The zero-order chi connectivity index (χ0) is 18.0. The number of rotatable bonds is 4. The number of benzene rings is 2. The van der Waals surface area contributed by atoms with Crippen LogP contribution in [0.1, 0.15) is 27.9 Å². The van der Waals surface area contributed by atoms with Crippen LogP contribution in [0.3, 0.4) is 0 Å². The van der Waals surface area contributed by atoms with Crippen molar-refractivity contribution in [2.24, 2.45) is 5.73 Å². The van der Waals surface area contributed by atoms with Gasteiger partial charge in [0.2, 0.25) is 5.91 Å². The predicted octanol–water partition coefficient (Wildman–Crippen LogP) is 2.18. The van der Waals surface area contributed by atoms with Gasteiger partial charge in [0, 0.05) is 12.2 Å². The Bertz CT molecular complexity index is 868. The minimum Gasteiger partial charge on any atom is -0.373 e. The first-order chi connectivity index (χ1) is 12.0. The molecule has 3 N–H and O–H groups in total. The number of carbonyl (C=O) groups is 2. The number of anilines is 2. The molecule has 6 heteroatoms. The number of nitrogens with one attached hydrogen (secondary N) is 1. The summed E-state index contributed by atoms with van der Waals surface area (Å²) in [7, 11) is 0. The average Bonchev–Trinajstić information content (AvgIpc) is 2.97. The fraction of sp³-hybridized carbons (Fsp3) is 0.211. The summed E-state index contributed by atoms with van der Waals surface area (Å²) in [4.78, 5) is 26.1. The molecular formula is C19H18N4O2. The molecule has 25 heavy (non-hydrogen) atoms. The molecule has 2 aromatic rings. The lowest BCUT2D eigenvalue weighted by Crippen LogP contribution is -2.34. The quantitative estimate of drug-likeness (QED) is 0.895. The molecule has 1 atom stereocenters. The highest BCUT2D eigenvalue weighted by molar-refractivity contribution is 6.03. The Labute approximate surface area is 145 Å². The molecule has 1 heterocycles. The first-order valence-corrected chi connectivity index (χ1v) is 7.98. The van der Waals surface area contributed by atoms with Gasteiger partial charge in [0.05, 0.1) is 22.9 Å². The van der Waals surface area contributed by atoms with Crippen molar-refractivity contribution in [1.29, 1.82) is 5.26 Å². The molecule has 0 spiro atoms. The molecular weight excluding hydrogens is 316 g/mol. The van der Waals surface area contributed by atoms with E-state index in [1.807, 2.05) is 13.0 Å². The third-order valence-electron chi connectivity index (χ3n) is 4.37. The lowest BCUT2D eigenvalue weighted by atomic mass is 10.1. The van der Waals surface area contributed by atoms with Crippen LogP contribution in [0, 0.1) is 18.3 Å². The number of hydrogen-bond acceptors (Lipinski definition) is 4. The second-order valence-corrected chi connectivity index (χ2v) is 6.00. The fourth-order valence-corrected chi connectivity index (χ4v) is 3.03. The average molecular weight is 334 g/mol. The maximum atomic E-state index is 12.7. The minimum absolute atomic E-state index is 0.0663. The van der Waals surface area contributed by atoms with Gasteiger partial charge in [-0.05, 0) is 49.2 Å². The molecule has 0 aliphatic carbocycles. The zero-order valence-corrected chi connectivity index (χ0v) is 13.8. The molecule has 1 fully saturated rings. The van der Waals surface area contributed by atoms with Gasteiger partial charge >= 0.3 is 0 Å². The molecule has 2 aromatic carbocycles. The van der Waals surface area contributed by atoms with Crippen LogP contribution in [-0.4, -0.2) is 24.4 Å². The van der Waals surface area contributed by atoms with Crippen LogP contribution in [0.4, 0.5) is 11.4 Å². The Hall–Kier alpha value is -3.33. The fourth-order valence-electron chi connectivity index (χ4n) is 3.03. The van der Waals surface area contributed by atoms with Crippen LogP contribution in [0.15, 0.2) is 42.5 Å². The van der Waals surface area contributed by atoms with E-state index in [-0.39, 0.29) is 5.91 Å². The lowest BCUT2D eigenvalue weighted by molar-refractivity contribution is -0.117. The van der Waals surface area contributed by atoms with Gasteiger partial charge in [-0.25, -0.2) is 0 Å². The van der Waals surface area contributed by atoms with E-state index in [0.29, 0.717) is 29.8 Å². The van der Waals surface area contributed by atoms with E-state index in [0.717, 1.165) is 11.3 Å². The van der Waals surface area contributed by atoms with E-state index in [9.17, 15) is 9.59 Å². The summed E-state index contributed by atoms with van der Waals surface area (Å²) < 4.78 is 0. The summed E-state index contributed by atoms with van der Waals surface area (Å²) >= 11 is 0. The van der Waals surface area contributed by atoms with E-state index >= 15 is 0 Å². The van der Waals surface area contributed by atoms with Crippen LogP contribution in [0.25, 0.3) is 0 Å². The standard InChI is InChI=1S/C19H18N4O2/c1-12-3-2-4-15(18(21)24)17(12)22-16-9-10-23(19(16)25)14-7-5-13(11-20)6-8-14/h2-8,16,22H,9-10H2,1H3,(H2,21,24)/t16-/m0/s1. The van der Waals surface area contributed by atoms with Crippen molar-refractivity contribution in [2.45, 2.75) is 19.4 Å². The second kappa shape index (κ2) is 6.65. The van der Waals surface area contributed by atoms with E-state index < -0.39 is 11.9 Å². The second-order valence-electron chi connectivity index (χ2n) is 6.00. The van der Waals surface area contributed by atoms with Crippen molar-refractivity contribution in [1.82, 2.24) is 0 Å². The third-order valence-corrected chi connectivity index (χ3v) is 4.37. The van der Waals surface area contributed by atoms with Crippen molar-refractivity contribution in [2.75, 3.05) is 16.8 Å². The zero-order valence-electron chi connectivity index (χ0n) is 13.8. The van der Waals surface area contributed by atoms with E-state index in [1.54, 1.807) is 41.3 Å². The maximum absolute atomic E-state index is 12.7. The Morgan fingerprint density at radius 1 is 1.28 bits per heavy atom. The van der Waals surface area contributed by atoms with Crippen LogP contribution >= 0.6 is 0 Å². The molecule has 0 aromatic heterocycles. The number of nitrogens with zero attached hydrogens (tertiary/aromatic N) is 2. The Balaban J connectivity index is 1.81. The highest BCUT2D eigenvalue weighted by Crippen LogP contribution is 2.27. The first-order valence-electron chi connectivity index (χ1n) is 7.98. The molecule has 1 aliphatic heterocycles. The highest BCUT2D eigenvalue weighted by atomic mass is 16.2. The van der Waals surface area contributed by atoms with Crippen LogP contribution in [-0.2, 0) is 4.79 Å². The number of nitrogens with two attached hydrogens (primary N) is 1. The molecule has 0 saturated carbocycles. The van der Waals surface area contributed by atoms with Gasteiger partial charge < -0.3 is 16.0 Å². The van der Waals surface area contributed by atoms with Crippen molar-refractivity contribution in [3.63, 3.8) is 0 Å². The third kappa shape index (κ3) is 3.17. The van der Waals surface area contributed by atoms with Gasteiger partial charge in [0.25, 0.3) is 5.91 Å². The maximum Gasteiger partial charge on any atom is 0.250 e. The predicted molar refractivity (Wildman–Crippen MR) is 95.2 cm³/mol. The lowest BCUT2D eigenvalue weighted by Gasteiger charge is -2.19. The van der Waals surface area contributed by atoms with Crippen LogP contribution in [0.5, 0.6) is 0 Å². The molecule has 1 aliphatic rings. The summed E-state index contributed by atoms with van der Waals surface area (Å²) in [6.45, 7) is 2.44. The molecule has 6 nitrogen and oxygen atoms in total. The largest absolute Gasteiger partial charge is 0.373 e. The number of hydrogen-bond donors (Lipinski definition) is 2. The van der Waals surface area contributed by atoms with Crippen LogP contribution in [0.2, 0.25) is 0 Å². The highest BCUT2D eigenvalue weighted by Gasteiger charge is 2.33. The summed E-state index contributed by atoms with van der Waals surface area (Å²) in [5, 5.41) is 12.1. The number of nitriles is 1. The van der Waals surface area contributed by atoms with Gasteiger partial charge in [-0.1, -0.05) is 12.1 Å². The normalized spacial score (nSPS) is 16.6. The van der Waals surface area contributed by atoms with Crippen LogP contribution < -0.4 is 16.0 Å². The molecule has 3 rings (SSSR count). The SMILES string of the molecule is Cc1cccc(C(N)=O)c1N[C@H]1CCN(c2ccc(C#N)cc2)C1=O. The Morgan fingerprint density at radius 3 is 2.64 bits per heavy atom. The van der Waals surface area contributed by atoms with Gasteiger partial charge in [-0.15, -0.1) is 0 Å².